The average Bonchev–Trinajstić information content (AvgIpc) is 2.37. The number of amides is 1. The number of hydrogen-bond donors (Lipinski definition) is 2. The molecule has 0 radical (unpaired) electrons. The van der Waals surface area contributed by atoms with E-state index < -0.39 is 24.0 Å². The molecule has 6 heteroatoms. The number of para-hydroxylation sites is 2. The van der Waals surface area contributed by atoms with Crippen molar-refractivity contribution in [2.45, 2.75) is 19.1 Å². The smallest absolute Gasteiger partial charge is 0.325 e. The van der Waals surface area contributed by atoms with Gasteiger partial charge in [0, 0.05) is 0 Å². The number of carboxylic acid groups (broad SMARTS) is 1. The summed E-state index contributed by atoms with van der Waals surface area (Å²) in [5.41, 5.74) is 0. The van der Waals surface area contributed by atoms with Gasteiger partial charge in [-0.1, -0.05) is 12.1 Å². The maximum Gasteiger partial charge on any atom is 0.325 e. The summed E-state index contributed by atoms with van der Waals surface area (Å²) in [4.78, 5) is 22.4. The van der Waals surface area contributed by atoms with E-state index in [1.54, 1.807) is 24.3 Å². The summed E-state index contributed by atoms with van der Waals surface area (Å²) in [5.74, 6) is -0.542. The molecule has 0 spiro atoms. The highest BCUT2D eigenvalue weighted by Crippen LogP contribution is 2.30. The number of fused-ring (bicyclic) bond motifs is 1. The van der Waals surface area contributed by atoms with Gasteiger partial charge in [-0.25, -0.2) is 0 Å². The molecule has 2 rings (SSSR count). The minimum absolute atomic E-state index is 0.0647. The van der Waals surface area contributed by atoms with Gasteiger partial charge in [-0.3, -0.25) is 9.59 Å². The number of nitrogens with one attached hydrogen (secondary N) is 1. The Morgan fingerprint density at radius 3 is 2.72 bits per heavy atom. The Labute approximate surface area is 104 Å². The minimum atomic E-state index is -1.10. The van der Waals surface area contributed by atoms with E-state index in [1.165, 1.54) is 6.92 Å². The molecule has 0 saturated heterocycles. The fraction of sp³-hybridized carbons (Fsp3) is 0.333. The molecular formula is C12H13NO5. The molecule has 0 saturated carbocycles. The first-order valence-electron chi connectivity index (χ1n) is 5.49. The van der Waals surface area contributed by atoms with Crippen molar-refractivity contribution in [2.75, 3.05) is 6.61 Å². The quantitative estimate of drug-likeness (QED) is 0.813. The van der Waals surface area contributed by atoms with E-state index >= 15 is 0 Å². The molecule has 1 aliphatic rings. The van der Waals surface area contributed by atoms with E-state index in [-0.39, 0.29) is 6.61 Å². The maximum absolute atomic E-state index is 11.7. The molecule has 96 valence electrons. The maximum atomic E-state index is 11.7. The van der Waals surface area contributed by atoms with Crippen LogP contribution in [0.15, 0.2) is 24.3 Å². The van der Waals surface area contributed by atoms with Crippen molar-refractivity contribution in [3.8, 4) is 11.5 Å². The summed E-state index contributed by atoms with van der Waals surface area (Å²) in [5, 5.41) is 11.0. The lowest BCUT2D eigenvalue weighted by Crippen LogP contribution is -2.49. The number of carbonyl (C=O) groups excluding carboxylic acids is 1. The monoisotopic (exact) mass is 251 g/mol. The van der Waals surface area contributed by atoms with E-state index in [9.17, 15) is 9.59 Å². The highest BCUT2D eigenvalue weighted by Gasteiger charge is 2.29. The van der Waals surface area contributed by atoms with E-state index in [0.717, 1.165) is 0 Å². The first kappa shape index (κ1) is 12.2. The number of aliphatic carboxylic acids is 1. The second-order valence-corrected chi connectivity index (χ2v) is 3.93. The fourth-order valence-corrected chi connectivity index (χ4v) is 1.52. The SMILES string of the molecule is C[C@@H](NC(=O)[C@@H]1COc2ccccc2O1)C(=O)O. The topological polar surface area (TPSA) is 84.9 Å². The summed E-state index contributed by atoms with van der Waals surface area (Å²) < 4.78 is 10.8. The predicted octanol–water partition coefficient (Wildman–Crippen LogP) is 0.416. The minimum Gasteiger partial charge on any atom is -0.485 e. The van der Waals surface area contributed by atoms with E-state index in [0.29, 0.717) is 11.5 Å². The molecular weight excluding hydrogens is 238 g/mol. The van der Waals surface area contributed by atoms with Gasteiger partial charge in [-0.2, -0.15) is 0 Å². The summed E-state index contributed by atoms with van der Waals surface area (Å²) in [6.07, 6.45) is -0.832. The van der Waals surface area contributed by atoms with Gasteiger partial charge in [0.05, 0.1) is 0 Å². The Morgan fingerprint density at radius 2 is 2.06 bits per heavy atom. The normalized spacial score (nSPS) is 18.8. The van der Waals surface area contributed by atoms with Crippen LogP contribution in [0.5, 0.6) is 11.5 Å². The van der Waals surface area contributed by atoms with Crippen molar-refractivity contribution in [1.82, 2.24) is 5.32 Å². The Bertz CT molecular complexity index is 473. The van der Waals surface area contributed by atoms with E-state index in [2.05, 4.69) is 5.32 Å². The molecule has 1 amide bonds. The first-order chi connectivity index (χ1) is 8.58. The Hall–Kier alpha value is -2.24. The zero-order chi connectivity index (χ0) is 13.1. The summed E-state index contributed by atoms with van der Waals surface area (Å²) in [7, 11) is 0. The van der Waals surface area contributed by atoms with Gasteiger partial charge in [0.2, 0.25) is 6.10 Å². The molecule has 0 aliphatic carbocycles. The number of ether oxygens (including phenoxy) is 2. The molecule has 1 aromatic rings. The Kier molecular flexibility index (Phi) is 3.36. The third-order valence-corrected chi connectivity index (χ3v) is 2.53. The van der Waals surface area contributed by atoms with Crippen LogP contribution in [0.2, 0.25) is 0 Å². The molecule has 1 aliphatic heterocycles. The van der Waals surface area contributed by atoms with Gasteiger partial charge in [-0.05, 0) is 19.1 Å². The highest BCUT2D eigenvalue weighted by molar-refractivity contribution is 5.86. The van der Waals surface area contributed by atoms with Crippen molar-refractivity contribution < 1.29 is 24.2 Å². The molecule has 18 heavy (non-hydrogen) atoms. The zero-order valence-electron chi connectivity index (χ0n) is 9.75. The molecule has 0 aromatic heterocycles. The lowest BCUT2D eigenvalue weighted by molar-refractivity contribution is -0.143. The molecule has 6 nitrogen and oxygen atoms in total. The van der Waals surface area contributed by atoms with Gasteiger partial charge in [0.1, 0.15) is 12.6 Å². The summed E-state index contributed by atoms with van der Waals surface area (Å²) >= 11 is 0. The van der Waals surface area contributed by atoms with Crippen LogP contribution in [0.3, 0.4) is 0 Å². The highest BCUT2D eigenvalue weighted by atomic mass is 16.6. The van der Waals surface area contributed by atoms with Crippen LogP contribution >= 0.6 is 0 Å². The van der Waals surface area contributed by atoms with Crippen LogP contribution in [0.4, 0.5) is 0 Å². The third kappa shape index (κ3) is 2.53. The van der Waals surface area contributed by atoms with Crippen LogP contribution in [0, 0.1) is 0 Å². The molecule has 2 N–H and O–H groups in total. The van der Waals surface area contributed by atoms with Crippen molar-refractivity contribution in [3.05, 3.63) is 24.3 Å². The Balaban J connectivity index is 2.00. The third-order valence-electron chi connectivity index (χ3n) is 2.53. The van der Waals surface area contributed by atoms with Gasteiger partial charge in [-0.15, -0.1) is 0 Å². The van der Waals surface area contributed by atoms with Crippen molar-refractivity contribution in [3.63, 3.8) is 0 Å². The molecule has 0 unspecified atom stereocenters. The van der Waals surface area contributed by atoms with Crippen molar-refractivity contribution in [1.29, 1.82) is 0 Å². The number of carboxylic acids is 1. The molecule has 1 heterocycles. The molecule has 0 fully saturated rings. The van der Waals surface area contributed by atoms with Crippen LogP contribution in [-0.4, -0.2) is 35.7 Å². The number of rotatable bonds is 3. The number of benzene rings is 1. The number of carbonyl (C=O) groups is 2. The summed E-state index contributed by atoms with van der Waals surface area (Å²) in [6, 6.07) is 6.04. The van der Waals surface area contributed by atoms with Gasteiger partial charge in [0.25, 0.3) is 5.91 Å². The molecule has 1 aromatic carbocycles. The van der Waals surface area contributed by atoms with E-state index in [1.807, 2.05) is 0 Å². The average molecular weight is 251 g/mol. The predicted molar refractivity (Wildman–Crippen MR) is 61.6 cm³/mol. The molecule has 0 bridgehead atoms. The summed E-state index contributed by atoms with van der Waals surface area (Å²) in [6.45, 7) is 1.45. The van der Waals surface area contributed by atoms with Crippen LogP contribution < -0.4 is 14.8 Å². The van der Waals surface area contributed by atoms with Gasteiger partial charge >= 0.3 is 5.97 Å². The Morgan fingerprint density at radius 1 is 1.39 bits per heavy atom. The molecule has 2 atom stereocenters. The number of hydrogen-bond acceptors (Lipinski definition) is 4. The van der Waals surface area contributed by atoms with Gasteiger partial charge < -0.3 is 19.9 Å². The lowest BCUT2D eigenvalue weighted by Gasteiger charge is -2.26. The van der Waals surface area contributed by atoms with Crippen molar-refractivity contribution >= 4 is 11.9 Å². The second-order valence-electron chi connectivity index (χ2n) is 3.93. The fourth-order valence-electron chi connectivity index (χ4n) is 1.52. The zero-order valence-corrected chi connectivity index (χ0v) is 9.75. The second kappa shape index (κ2) is 4.95. The van der Waals surface area contributed by atoms with E-state index in [4.69, 9.17) is 14.6 Å². The standard InChI is InChI=1S/C12H13NO5/c1-7(12(15)16)13-11(14)10-6-17-8-4-2-3-5-9(8)18-10/h2-5,7,10H,6H2,1H3,(H,13,14)(H,15,16)/t7-,10+/m1/s1. The van der Waals surface area contributed by atoms with Crippen molar-refractivity contribution in [2.24, 2.45) is 0 Å². The van der Waals surface area contributed by atoms with Crippen LogP contribution in [0.1, 0.15) is 6.92 Å². The van der Waals surface area contributed by atoms with Crippen LogP contribution in [-0.2, 0) is 9.59 Å². The van der Waals surface area contributed by atoms with Gasteiger partial charge in [0.15, 0.2) is 11.5 Å². The van der Waals surface area contributed by atoms with Crippen LogP contribution in [0.25, 0.3) is 0 Å². The lowest BCUT2D eigenvalue weighted by atomic mass is 10.2. The first-order valence-corrected chi connectivity index (χ1v) is 5.49. The largest absolute Gasteiger partial charge is 0.485 e.